The van der Waals surface area contributed by atoms with Crippen molar-refractivity contribution in [2.75, 3.05) is 5.32 Å². The van der Waals surface area contributed by atoms with Crippen molar-refractivity contribution in [2.24, 2.45) is 5.92 Å². The number of benzene rings is 2. The quantitative estimate of drug-likeness (QED) is 0.656. The van der Waals surface area contributed by atoms with E-state index < -0.39 is 11.7 Å². The van der Waals surface area contributed by atoms with Crippen molar-refractivity contribution in [1.82, 2.24) is 5.32 Å². The van der Waals surface area contributed by atoms with E-state index in [0.717, 1.165) is 24.1 Å². The molecule has 2 nitrogen and oxygen atoms in total. The molecule has 0 saturated carbocycles. The van der Waals surface area contributed by atoms with Gasteiger partial charge in [0.1, 0.15) is 0 Å². The van der Waals surface area contributed by atoms with Gasteiger partial charge in [-0.25, -0.2) is 0 Å². The van der Waals surface area contributed by atoms with Crippen LogP contribution in [0.15, 0.2) is 54.6 Å². The summed E-state index contributed by atoms with van der Waals surface area (Å²) in [4.78, 5) is 0. The first-order valence-electron chi connectivity index (χ1n) is 8.05. The van der Waals surface area contributed by atoms with Crippen LogP contribution in [0.25, 0.3) is 0 Å². The zero-order valence-electron chi connectivity index (χ0n) is 14.1. The predicted molar refractivity (Wildman–Crippen MR) is 99.4 cm³/mol. The fraction of sp³-hybridized carbons (Fsp3) is 0.316. The van der Waals surface area contributed by atoms with Crippen molar-refractivity contribution < 1.29 is 13.2 Å². The number of hydrogen-bond acceptors (Lipinski definition) is 1. The molecule has 2 rings (SSSR count). The zero-order chi connectivity index (χ0) is 18.4. The summed E-state index contributed by atoms with van der Waals surface area (Å²) in [6.07, 6.45) is -3.52. The third-order valence-corrected chi connectivity index (χ3v) is 3.88. The molecule has 0 spiro atoms. The molecule has 0 fully saturated rings. The minimum Gasteiger partial charge on any atom is -0.356 e. The van der Waals surface area contributed by atoms with Gasteiger partial charge in [-0.05, 0) is 48.3 Å². The van der Waals surface area contributed by atoms with E-state index in [1.165, 1.54) is 6.07 Å². The van der Waals surface area contributed by atoms with Gasteiger partial charge in [0.05, 0.1) is 11.6 Å². The number of alkyl halides is 3. The number of anilines is 1. The summed E-state index contributed by atoms with van der Waals surface area (Å²) >= 11 is 5.30. The van der Waals surface area contributed by atoms with Crippen LogP contribution in [0.1, 0.15) is 37.4 Å². The molecule has 134 valence electrons. The Labute approximate surface area is 151 Å². The van der Waals surface area contributed by atoms with Crippen LogP contribution >= 0.6 is 12.2 Å². The topological polar surface area (TPSA) is 24.1 Å². The largest absolute Gasteiger partial charge is 0.416 e. The predicted octanol–water partition coefficient (Wildman–Crippen LogP) is 5.78. The second-order valence-corrected chi connectivity index (χ2v) is 6.68. The van der Waals surface area contributed by atoms with Crippen LogP contribution in [0.5, 0.6) is 0 Å². The number of thiocarbonyl (C=S) groups is 1. The molecule has 25 heavy (non-hydrogen) atoms. The molecule has 0 amide bonds. The van der Waals surface area contributed by atoms with E-state index in [2.05, 4.69) is 24.5 Å². The highest BCUT2D eigenvalue weighted by Gasteiger charge is 2.30. The van der Waals surface area contributed by atoms with Crippen LogP contribution in [-0.4, -0.2) is 5.11 Å². The van der Waals surface area contributed by atoms with Crippen LogP contribution in [-0.2, 0) is 6.18 Å². The lowest BCUT2D eigenvalue weighted by Crippen LogP contribution is -2.33. The van der Waals surface area contributed by atoms with E-state index in [1.54, 1.807) is 6.07 Å². The molecule has 2 aromatic carbocycles. The van der Waals surface area contributed by atoms with Crippen molar-refractivity contribution in [3.63, 3.8) is 0 Å². The SMILES string of the molecule is CC(C)CC(NC(=S)Nc1cccc(C(F)(F)F)c1)c1ccccc1. The molecular formula is C19H21F3N2S. The molecule has 0 aliphatic carbocycles. The Morgan fingerprint density at radius 2 is 1.72 bits per heavy atom. The first kappa shape index (κ1) is 19.2. The van der Waals surface area contributed by atoms with Crippen molar-refractivity contribution in [2.45, 2.75) is 32.5 Å². The van der Waals surface area contributed by atoms with Gasteiger partial charge in [-0.1, -0.05) is 50.2 Å². The van der Waals surface area contributed by atoms with Crippen LogP contribution in [0.4, 0.5) is 18.9 Å². The van der Waals surface area contributed by atoms with Gasteiger partial charge in [-0.2, -0.15) is 13.2 Å². The summed E-state index contributed by atoms with van der Waals surface area (Å²) < 4.78 is 38.4. The molecule has 0 aliphatic rings. The third-order valence-electron chi connectivity index (χ3n) is 3.66. The van der Waals surface area contributed by atoms with Crippen molar-refractivity contribution in [1.29, 1.82) is 0 Å². The van der Waals surface area contributed by atoms with Gasteiger partial charge in [0, 0.05) is 5.69 Å². The summed E-state index contributed by atoms with van der Waals surface area (Å²) in [5.41, 5.74) is 0.690. The molecule has 0 saturated heterocycles. The lowest BCUT2D eigenvalue weighted by Gasteiger charge is -2.23. The Hall–Kier alpha value is -2.08. The summed E-state index contributed by atoms with van der Waals surface area (Å²) in [6.45, 7) is 4.22. The monoisotopic (exact) mass is 366 g/mol. The molecule has 0 heterocycles. The highest BCUT2D eigenvalue weighted by molar-refractivity contribution is 7.80. The summed E-state index contributed by atoms with van der Waals surface area (Å²) in [6, 6.07) is 14.9. The maximum atomic E-state index is 12.8. The van der Waals surface area contributed by atoms with Crippen molar-refractivity contribution in [3.8, 4) is 0 Å². The first-order valence-corrected chi connectivity index (χ1v) is 8.46. The van der Waals surface area contributed by atoms with Crippen molar-refractivity contribution >= 4 is 23.0 Å². The number of rotatable bonds is 5. The molecule has 0 bridgehead atoms. The Balaban J connectivity index is 2.09. The fourth-order valence-electron chi connectivity index (χ4n) is 2.53. The second-order valence-electron chi connectivity index (χ2n) is 6.27. The molecule has 2 N–H and O–H groups in total. The summed E-state index contributed by atoms with van der Waals surface area (Å²) in [5, 5.41) is 6.36. The van der Waals surface area contributed by atoms with Gasteiger partial charge < -0.3 is 10.6 Å². The van der Waals surface area contributed by atoms with Crippen molar-refractivity contribution in [3.05, 3.63) is 65.7 Å². The van der Waals surface area contributed by atoms with Gasteiger partial charge in [-0.3, -0.25) is 0 Å². The highest BCUT2D eigenvalue weighted by Crippen LogP contribution is 2.30. The Morgan fingerprint density at radius 1 is 1.04 bits per heavy atom. The van der Waals surface area contributed by atoms with E-state index in [-0.39, 0.29) is 6.04 Å². The Kier molecular flexibility index (Phi) is 6.42. The fourth-order valence-corrected chi connectivity index (χ4v) is 2.79. The average Bonchev–Trinajstić information content (AvgIpc) is 2.54. The van der Waals surface area contributed by atoms with Crippen LogP contribution in [0.3, 0.4) is 0 Å². The van der Waals surface area contributed by atoms with Gasteiger partial charge in [0.15, 0.2) is 5.11 Å². The normalized spacial score (nSPS) is 12.7. The van der Waals surface area contributed by atoms with E-state index in [1.807, 2.05) is 30.3 Å². The standard InChI is InChI=1S/C19H21F3N2S/c1-13(2)11-17(14-7-4-3-5-8-14)24-18(25)23-16-10-6-9-15(12-16)19(20,21)22/h3-10,12-13,17H,11H2,1-2H3,(H2,23,24,25). The van der Waals surface area contributed by atoms with Crippen LogP contribution < -0.4 is 10.6 Å². The average molecular weight is 366 g/mol. The van der Waals surface area contributed by atoms with Gasteiger partial charge >= 0.3 is 6.18 Å². The van der Waals surface area contributed by atoms with E-state index in [9.17, 15) is 13.2 Å². The third kappa shape index (κ3) is 6.05. The molecule has 0 aromatic heterocycles. The molecule has 0 aliphatic heterocycles. The number of halogens is 3. The second kappa shape index (κ2) is 8.34. The van der Waals surface area contributed by atoms with E-state index in [0.29, 0.717) is 16.7 Å². The molecule has 2 aromatic rings. The van der Waals surface area contributed by atoms with Gasteiger partial charge in [-0.15, -0.1) is 0 Å². The van der Waals surface area contributed by atoms with Crippen LogP contribution in [0, 0.1) is 5.92 Å². The van der Waals surface area contributed by atoms with Gasteiger partial charge in [0.2, 0.25) is 0 Å². The highest BCUT2D eigenvalue weighted by atomic mass is 32.1. The minimum absolute atomic E-state index is 0.00741. The van der Waals surface area contributed by atoms with E-state index >= 15 is 0 Å². The lowest BCUT2D eigenvalue weighted by molar-refractivity contribution is -0.137. The molecule has 1 atom stereocenters. The molecule has 0 radical (unpaired) electrons. The van der Waals surface area contributed by atoms with Gasteiger partial charge in [0.25, 0.3) is 0 Å². The zero-order valence-corrected chi connectivity index (χ0v) is 14.9. The number of nitrogens with one attached hydrogen (secondary N) is 2. The maximum Gasteiger partial charge on any atom is 0.416 e. The Morgan fingerprint density at radius 3 is 2.32 bits per heavy atom. The molecular weight excluding hydrogens is 345 g/mol. The van der Waals surface area contributed by atoms with E-state index in [4.69, 9.17) is 12.2 Å². The Bertz CT molecular complexity index is 699. The maximum absolute atomic E-state index is 12.8. The number of hydrogen-bond donors (Lipinski definition) is 2. The summed E-state index contributed by atoms with van der Waals surface area (Å²) in [7, 11) is 0. The smallest absolute Gasteiger partial charge is 0.356 e. The molecule has 6 heteroatoms. The molecule has 1 unspecified atom stereocenters. The minimum atomic E-state index is -4.38. The first-order chi connectivity index (χ1) is 11.8. The lowest BCUT2D eigenvalue weighted by atomic mass is 9.97. The van der Waals surface area contributed by atoms with Crippen LogP contribution in [0.2, 0.25) is 0 Å². The summed E-state index contributed by atoms with van der Waals surface area (Å²) in [5.74, 6) is 0.439.